The van der Waals surface area contributed by atoms with Gasteiger partial charge in [-0.1, -0.05) is 70.5 Å². The van der Waals surface area contributed by atoms with Crippen LogP contribution in [0.4, 0.5) is 0 Å². The van der Waals surface area contributed by atoms with E-state index in [1.807, 2.05) is 42.5 Å². The Hall–Kier alpha value is -2.59. The maximum atomic E-state index is 8.73. The van der Waals surface area contributed by atoms with Gasteiger partial charge in [-0.2, -0.15) is 0 Å². The molecule has 3 nitrogen and oxygen atoms in total. The van der Waals surface area contributed by atoms with E-state index in [9.17, 15) is 0 Å². The molecule has 4 rings (SSSR count). The van der Waals surface area contributed by atoms with Gasteiger partial charge in [0.1, 0.15) is 0 Å². The number of para-hydroxylation sites is 2. The maximum Gasteiger partial charge on any atom is 0.203 e. The van der Waals surface area contributed by atoms with Crippen molar-refractivity contribution in [2.75, 3.05) is 0 Å². The minimum absolute atomic E-state index is 0.521. The fraction of sp³-hybridized carbons (Fsp3) is 0.0952. The van der Waals surface area contributed by atoms with Crippen LogP contribution < -0.4 is 5.62 Å². The molecule has 0 atom stereocenters. The van der Waals surface area contributed by atoms with Crippen LogP contribution in [0.1, 0.15) is 11.1 Å². The third kappa shape index (κ3) is 3.17. The van der Waals surface area contributed by atoms with Crippen molar-refractivity contribution in [1.82, 2.24) is 9.13 Å². The van der Waals surface area contributed by atoms with E-state index in [2.05, 4.69) is 61.5 Å². The zero-order valence-corrected chi connectivity index (χ0v) is 15.3. The molecule has 0 radical (unpaired) electrons. The lowest BCUT2D eigenvalue weighted by molar-refractivity contribution is 0.664. The monoisotopic (exact) mass is 391 g/mol. The molecule has 0 aliphatic carbocycles. The predicted molar refractivity (Wildman–Crippen MR) is 105 cm³/mol. The number of fused-ring (bicyclic) bond motifs is 1. The number of aromatic nitrogens is 2. The number of hydrogen-bond acceptors (Lipinski definition) is 1. The summed E-state index contributed by atoms with van der Waals surface area (Å²) in [6.45, 7) is 1.39. The second-order valence-electron chi connectivity index (χ2n) is 6.10. The van der Waals surface area contributed by atoms with Gasteiger partial charge in [0.15, 0.2) is 0 Å². The molecule has 1 aromatic heterocycles. The molecule has 3 aromatic carbocycles. The summed E-state index contributed by atoms with van der Waals surface area (Å²) >= 11 is 3.48. The van der Waals surface area contributed by atoms with Gasteiger partial charge in [-0.3, -0.25) is 5.41 Å². The summed E-state index contributed by atoms with van der Waals surface area (Å²) in [6, 6.07) is 26.8. The molecule has 0 bridgehead atoms. The smallest absolute Gasteiger partial charge is 0.203 e. The highest BCUT2D eigenvalue weighted by atomic mass is 79.9. The molecule has 0 amide bonds. The molecule has 0 aliphatic rings. The molecule has 1 N–H and O–H groups in total. The highest BCUT2D eigenvalue weighted by Gasteiger charge is 2.11. The summed E-state index contributed by atoms with van der Waals surface area (Å²) in [5.41, 5.74) is 5.09. The molecule has 4 heteroatoms. The Morgan fingerprint density at radius 2 is 1.12 bits per heavy atom. The van der Waals surface area contributed by atoms with Crippen LogP contribution >= 0.6 is 15.9 Å². The van der Waals surface area contributed by atoms with E-state index in [1.54, 1.807) is 0 Å². The van der Waals surface area contributed by atoms with Crippen LogP contribution in [0.2, 0.25) is 0 Å². The van der Waals surface area contributed by atoms with Crippen molar-refractivity contribution in [3.8, 4) is 0 Å². The minimum Gasteiger partial charge on any atom is -0.306 e. The number of hydrogen-bond donors (Lipinski definition) is 1. The first-order valence-electron chi connectivity index (χ1n) is 8.23. The topological polar surface area (TPSA) is 33.7 Å². The van der Waals surface area contributed by atoms with Crippen molar-refractivity contribution >= 4 is 27.0 Å². The SMILES string of the molecule is N=c1n(Cc2ccccc2)c2ccccc2n1Cc1ccc(Br)cc1. The van der Waals surface area contributed by atoms with Crippen molar-refractivity contribution in [2.24, 2.45) is 0 Å². The quantitative estimate of drug-likeness (QED) is 0.519. The predicted octanol–water partition coefficient (Wildman–Crippen LogP) is 4.78. The van der Waals surface area contributed by atoms with Crippen LogP contribution in [-0.4, -0.2) is 9.13 Å². The van der Waals surface area contributed by atoms with Gasteiger partial charge >= 0.3 is 0 Å². The zero-order chi connectivity index (χ0) is 17.2. The average molecular weight is 392 g/mol. The molecule has 4 aromatic rings. The number of halogens is 1. The minimum atomic E-state index is 0.521. The number of nitrogens with zero attached hydrogens (tertiary/aromatic N) is 2. The number of nitrogens with one attached hydrogen (secondary N) is 1. The van der Waals surface area contributed by atoms with Crippen LogP contribution in [0.3, 0.4) is 0 Å². The first-order chi connectivity index (χ1) is 12.2. The molecule has 0 saturated carbocycles. The first kappa shape index (κ1) is 15.9. The van der Waals surface area contributed by atoms with Crippen LogP contribution in [0, 0.1) is 5.41 Å². The Morgan fingerprint density at radius 3 is 1.68 bits per heavy atom. The van der Waals surface area contributed by atoms with Gasteiger partial charge in [0.2, 0.25) is 5.62 Å². The van der Waals surface area contributed by atoms with E-state index in [0.29, 0.717) is 18.7 Å². The van der Waals surface area contributed by atoms with Crippen LogP contribution in [0.25, 0.3) is 11.0 Å². The molecular weight excluding hydrogens is 374 g/mol. The van der Waals surface area contributed by atoms with E-state index >= 15 is 0 Å². The fourth-order valence-electron chi connectivity index (χ4n) is 3.15. The van der Waals surface area contributed by atoms with Crippen molar-refractivity contribution in [1.29, 1.82) is 5.41 Å². The third-order valence-corrected chi connectivity index (χ3v) is 4.94. The standard InChI is InChI=1S/C21H18BrN3/c22-18-12-10-17(11-13-18)15-25-20-9-5-4-8-19(20)24(21(25)23)14-16-6-2-1-3-7-16/h1-13,23H,14-15H2. The molecule has 0 spiro atoms. The molecule has 124 valence electrons. The van der Waals surface area contributed by atoms with E-state index < -0.39 is 0 Å². The van der Waals surface area contributed by atoms with Crippen LogP contribution in [0.5, 0.6) is 0 Å². The van der Waals surface area contributed by atoms with Gasteiger partial charge in [-0.05, 0) is 35.4 Å². The normalized spacial score (nSPS) is 11.1. The number of imidazole rings is 1. The Morgan fingerprint density at radius 1 is 0.640 bits per heavy atom. The number of rotatable bonds is 4. The van der Waals surface area contributed by atoms with Gasteiger partial charge in [-0.25, -0.2) is 0 Å². The highest BCUT2D eigenvalue weighted by Crippen LogP contribution is 2.17. The van der Waals surface area contributed by atoms with E-state index in [0.717, 1.165) is 15.5 Å². The largest absolute Gasteiger partial charge is 0.306 e. The molecule has 25 heavy (non-hydrogen) atoms. The lowest BCUT2D eigenvalue weighted by atomic mass is 10.2. The zero-order valence-electron chi connectivity index (χ0n) is 13.7. The first-order valence-corrected chi connectivity index (χ1v) is 9.03. The van der Waals surface area contributed by atoms with Gasteiger partial charge < -0.3 is 9.13 Å². The molecule has 0 saturated heterocycles. The molecule has 0 fully saturated rings. The van der Waals surface area contributed by atoms with Crippen molar-refractivity contribution < 1.29 is 0 Å². The van der Waals surface area contributed by atoms with Gasteiger partial charge in [0.25, 0.3) is 0 Å². The van der Waals surface area contributed by atoms with E-state index in [4.69, 9.17) is 5.41 Å². The Kier molecular flexibility index (Phi) is 4.28. The molecule has 1 heterocycles. The fourth-order valence-corrected chi connectivity index (χ4v) is 3.42. The second kappa shape index (κ2) is 6.73. The lowest BCUT2D eigenvalue weighted by Gasteiger charge is -2.06. The summed E-state index contributed by atoms with van der Waals surface area (Å²) < 4.78 is 5.21. The Balaban J connectivity index is 1.81. The summed E-state index contributed by atoms with van der Waals surface area (Å²) in [5.74, 6) is 0. The van der Waals surface area contributed by atoms with Crippen molar-refractivity contribution in [3.63, 3.8) is 0 Å². The van der Waals surface area contributed by atoms with E-state index in [1.165, 1.54) is 11.1 Å². The van der Waals surface area contributed by atoms with Gasteiger partial charge in [0, 0.05) is 4.47 Å². The second-order valence-corrected chi connectivity index (χ2v) is 7.01. The molecule has 0 unspecified atom stereocenters. The van der Waals surface area contributed by atoms with Crippen LogP contribution in [0.15, 0.2) is 83.3 Å². The van der Waals surface area contributed by atoms with E-state index in [-0.39, 0.29) is 0 Å². The Labute approximate surface area is 154 Å². The lowest BCUT2D eigenvalue weighted by Crippen LogP contribution is -2.25. The Bertz CT molecular complexity index is 1060. The van der Waals surface area contributed by atoms with Gasteiger partial charge in [0.05, 0.1) is 24.1 Å². The molecular formula is C21H18BrN3. The summed E-state index contributed by atoms with van der Waals surface area (Å²) in [4.78, 5) is 0. The maximum absolute atomic E-state index is 8.73. The molecule has 0 aliphatic heterocycles. The highest BCUT2D eigenvalue weighted by molar-refractivity contribution is 9.10. The summed E-state index contributed by atoms with van der Waals surface area (Å²) in [5, 5.41) is 8.73. The third-order valence-electron chi connectivity index (χ3n) is 4.41. The van der Waals surface area contributed by atoms with Crippen LogP contribution in [-0.2, 0) is 13.1 Å². The van der Waals surface area contributed by atoms with Gasteiger partial charge in [-0.15, -0.1) is 0 Å². The van der Waals surface area contributed by atoms with Crippen molar-refractivity contribution in [3.05, 3.63) is 100 Å². The average Bonchev–Trinajstić information content (AvgIpc) is 2.90. The summed E-state index contributed by atoms with van der Waals surface area (Å²) in [6.07, 6.45) is 0. The summed E-state index contributed by atoms with van der Waals surface area (Å²) in [7, 11) is 0. The van der Waals surface area contributed by atoms with Crippen molar-refractivity contribution in [2.45, 2.75) is 13.1 Å². The number of benzene rings is 3.